The zero-order chi connectivity index (χ0) is 51.4. The molecule has 6 nitrogen and oxygen atoms in total. The first-order valence-electron chi connectivity index (χ1n) is 26.4. The molecule has 0 aliphatic heterocycles. The number of rotatable bonds is 36. The summed E-state index contributed by atoms with van der Waals surface area (Å²) in [6.07, 6.45) is 35.2. The number of benzene rings is 3. The minimum absolute atomic E-state index is 0. The number of aryl methyl sites for hydroxylation is 3. The van der Waals surface area contributed by atoms with E-state index in [0.717, 1.165) is 74.5 Å². The topological polar surface area (TPSA) is 96.9 Å². The van der Waals surface area contributed by atoms with E-state index >= 15 is 0 Å². The molecule has 0 aromatic heterocycles. The molecule has 402 valence electrons. The fraction of sp³-hybridized carbons (Fsp3) is 0.667. The summed E-state index contributed by atoms with van der Waals surface area (Å²) in [5.74, 6) is 1.92. The second-order valence-corrected chi connectivity index (χ2v) is 32.1. The molecule has 0 radical (unpaired) electrons. The average Bonchev–Trinajstić information content (AvgIpc) is 3.28. The number of hydrogen-bond acceptors (Lipinski definition) is 12. The molecule has 0 N–H and O–H groups in total. The van der Waals surface area contributed by atoms with Crippen LogP contribution in [-0.4, -0.2) is 0 Å². The third-order valence-electron chi connectivity index (χ3n) is 12.1. The van der Waals surface area contributed by atoms with Crippen LogP contribution in [-0.2, 0) is 132 Å². The van der Waals surface area contributed by atoms with Crippen molar-refractivity contribution < 1.29 is 49.3 Å². The predicted octanol–water partition coefficient (Wildman–Crippen LogP) is 16.3. The van der Waals surface area contributed by atoms with Crippen molar-refractivity contribution in [2.24, 2.45) is 0 Å². The fourth-order valence-electron chi connectivity index (χ4n) is 8.42. The molecule has 0 spiro atoms. The molecule has 0 saturated carbocycles. The molecule has 3 rings (SSSR count). The Morgan fingerprint density at radius 3 is 0.729 bits per heavy atom. The summed E-state index contributed by atoms with van der Waals surface area (Å²) in [4.78, 5) is 35.2. The Balaban J connectivity index is 0.00000101. The smallest absolute Gasteiger partial charge is 0.123 e. The fourth-order valence-corrected chi connectivity index (χ4v) is 11.1. The van der Waals surface area contributed by atoms with Crippen LogP contribution in [0.25, 0.3) is 0 Å². The van der Waals surface area contributed by atoms with E-state index in [-0.39, 0.29) is 21.1 Å². The van der Waals surface area contributed by atoms with Crippen molar-refractivity contribution in [3.05, 3.63) is 88.0 Å². The standard InChI is InChI=1S/3C18H31O2PS2.Mo/c3*1-3-5-7-9-12-16-13-11-15-18(20-21(19,22)23)17(16)14-10-8-6-4-2;/h3*11,13,15H,3-10,12,14H2,1-2H3,(H2,19,22,23);/p-6. The molecule has 0 aliphatic carbocycles. The summed E-state index contributed by atoms with van der Waals surface area (Å²) in [6, 6.07) is 17.9. The Bertz CT molecular complexity index is 1720. The van der Waals surface area contributed by atoms with E-state index in [2.05, 4.69) is 59.7 Å². The van der Waals surface area contributed by atoms with E-state index in [4.69, 9.17) is 85.7 Å². The molecule has 0 saturated heterocycles. The summed E-state index contributed by atoms with van der Waals surface area (Å²) in [5, 5.41) is 0. The summed E-state index contributed by atoms with van der Waals surface area (Å²) >= 11 is 28.8. The normalized spacial score (nSPS) is 13.5. The minimum Gasteiger partial charge on any atom is -0.809 e. The van der Waals surface area contributed by atoms with Gasteiger partial charge >= 0.3 is 0 Å². The Kier molecular flexibility index (Phi) is 43.1. The molecule has 16 heteroatoms. The molecule has 0 aliphatic rings. The maximum atomic E-state index is 11.7. The van der Waals surface area contributed by atoms with Gasteiger partial charge in [0.15, 0.2) is 0 Å². The van der Waals surface area contributed by atoms with Gasteiger partial charge in [-0.15, -0.1) is 0 Å². The monoisotopic (exact) mass is 1210 g/mol. The minimum atomic E-state index is -3.35. The Morgan fingerprint density at radius 1 is 0.343 bits per heavy atom. The number of hydrogen-bond donors (Lipinski definition) is 0. The van der Waals surface area contributed by atoms with E-state index in [9.17, 15) is 14.7 Å². The zero-order valence-electron chi connectivity index (χ0n) is 43.6. The van der Waals surface area contributed by atoms with Crippen molar-refractivity contribution in [1.29, 1.82) is 0 Å². The first-order valence-corrected chi connectivity index (χ1v) is 37.4. The third-order valence-corrected chi connectivity index (χ3v) is 14.7. The van der Waals surface area contributed by atoms with Gasteiger partial charge in [-0.2, -0.15) is 0 Å². The summed E-state index contributed by atoms with van der Waals surface area (Å²) < 4.78 is 16.3. The van der Waals surface area contributed by atoms with Crippen molar-refractivity contribution in [2.45, 2.75) is 234 Å². The van der Waals surface area contributed by atoms with Gasteiger partial charge in [0.2, 0.25) is 0 Å². The van der Waals surface area contributed by atoms with Crippen LogP contribution in [0.5, 0.6) is 17.2 Å². The van der Waals surface area contributed by atoms with Gasteiger partial charge in [0.25, 0.3) is 0 Å². The second kappa shape index (κ2) is 42.7. The van der Waals surface area contributed by atoms with Crippen molar-refractivity contribution in [3.63, 3.8) is 0 Å². The van der Waals surface area contributed by atoms with Crippen LogP contribution in [0.15, 0.2) is 54.6 Å². The SMILES string of the molecule is CCCCCCc1cccc(OP([O-])(=S)[S-])c1CCCCCC.CCCCCCc1cccc(OP([O-])(=S)[S-])c1CCCCCC.CCCCCCc1cccc(OP([O-])(=S)[S-])c1CCCCCC.[Mo]. The second-order valence-electron chi connectivity index (χ2n) is 18.2. The van der Waals surface area contributed by atoms with Crippen LogP contribution in [0.3, 0.4) is 0 Å². The van der Waals surface area contributed by atoms with Crippen molar-refractivity contribution >= 4 is 89.2 Å². The third kappa shape index (κ3) is 35.8. The van der Waals surface area contributed by atoms with Crippen LogP contribution < -0.4 is 28.3 Å². The van der Waals surface area contributed by atoms with E-state index in [1.54, 1.807) is 0 Å². The summed E-state index contributed by atoms with van der Waals surface area (Å²) in [7, 11) is 0. The molecular weight excluding hydrogens is 1130 g/mol. The Morgan fingerprint density at radius 2 is 0.543 bits per heavy atom. The van der Waals surface area contributed by atoms with Crippen molar-refractivity contribution in [3.8, 4) is 17.2 Å². The van der Waals surface area contributed by atoms with Crippen LogP contribution in [0.1, 0.15) is 229 Å². The molecule has 3 aromatic rings. The van der Waals surface area contributed by atoms with E-state index < -0.39 is 17.1 Å². The van der Waals surface area contributed by atoms with Gasteiger partial charge in [-0.3, -0.25) is 0 Å². The van der Waals surface area contributed by atoms with Gasteiger partial charge < -0.3 is 65.0 Å². The van der Waals surface area contributed by atoms with Gasteiger partial charge in [0.05, 0.1) is 0 Å². The van der Waals surface area contributed by atoms with E-state index in [0.29, 0.717) is 17.2 Å². The zero-order valence-corrected chi connectivity index (χ0v) is 53.1. The molecule has 0 fully saturated rings. The average molecular weight is 1210 g/mol. The first-order chi connectivity index (χ1) is 32.9. The van der Waals surface area contributed by atoms with Crippen LogP contribution in [0.2, 0.25) is 0 Å². The van der Waals surface area contributed by atoms with Gasteiger partial charge in [0.1, 0.15) is 17.2 Å². The quantitative estimate of drug-likeness (QED) is 0.0240. The molecule has 3 unspecified atom stereocenters. The maximum absolute atomic E-state index is 11.7. The van der Waals surface area contributed by atoms with Gasteiger partial charge in [-0.1, -0.05) is 246 Å². The van der Waals surface area contributed by atoms with Gasteiger partial charge in [0, 0.05) is 21.1 Å². The van der Waals surface area contributed by atoms with E-state index in [1.165, 1.54) is 152 Å². The van der Waals surface area contributed by atoms with Gasteiger partial charge in [-0.25, -0.2) is 0 Å². The van der Waals surface area contributed by atoms with Crippen LogP contribution in [0, 0.1) is 0 Å². The molecular formula is C54H87MoO6P3S6-6. The largest absolute Gasteiger partial charge is 0.809 e. The van der Waals surface area contributed by atoms with E-state index in [1.807, 2.05) is 36.4 Å². The van der Waals surface area contributed by atoms with Crippen LogP contribution in [0.4, 0.5) is 0 Å². The molecule has 70 heavy (non-hydrogen) atoms. The summed E-state index contributed by atoms with van der Waals surface area (Å²) in [6.45, 7) is 13.3. The molecule has 0 bridgehead atoms. The Labute approximate surface area is 473 Å². The van der Waals surface area contributed by atoms with Crippen molar-refractivity contribution in [2.75, 3.05) is 0 Å². The van der Waals surface area contributed by atoms with Crippen molar-refractivity contribution in [1.82, 2.24) is 0 Å². The molecule has 3 aromatic carbocycles. The Hall–Kier alpha value is 0.628. The van der Waals surface area contributed by atoms with Gasteiger partial charge in [-0.05, 0) is 129 Å². The predicted molar refractivity (Wildman–Crippen MR) is 313 cm³/mol. The molecule has 0 amide bonds. The summed E-state index contributed by atoms with van der Waals surface area (Å²) in [5.41, 5.74) is -2.66. The van der Waals surface area contributed by atoms with Crippen LogP contribution >= 0.6 is 17.1 Å². The maximum Gasteiger partial charge on any atom is 0.123 e. The molecule has 0 heterocycles. The number of unbranched alkanes of at least 4 members (excludes halogenated alkanes) is 18. The first kappa shape index (κ1) is 70.6. The molecule has 3 atom stereocenters.